The van der Waals surface area contributed by atoms with E-state index in [4.69, 9.17) is 0 Å². The molecule has 7 heteroatoms. The third-order valence-electron chi connectivity index (χ3n) is 6.01. The van der Waals surface area contributed by atoms with E-state index in [1.807, 2.05) is 6.07 Å². The zero-order valence-corrected chi connectivity index (χ0v) is 21.9. The van der Waals surface area contributed by atoms with Crippen LogP contribution in [0.1, 0.15) is 28.6 Å². The van der Waals surface area contributed by atoms with Gasteiger partial charge in [0.1, 0.15) is 0 Å². The number of likely N-dealkylation sites (N-methyl/N-ethyl adjacent to an activating group) is 1. The van der Waals surface area contributed by atoms with Crippen LogP contribution in [0.15, 0.2) is 71.2 Å². The molecule has 2 amide bonds. The molecule has 32 heavy (non-hydrogen) atoms. The van der Waals surface area contributed by atoms with Crippen LogP contribution in [0, 0.1) is 0 Å². The van der Waals surface area contributed by atoms with Crippen LogP contribution < -0.4 is 4.90 Å². The summed E-state index contributed by atoms with van der Waals surface area (Å²) in [6.07, 6.45) is 1.73. The number of aliphatic imine (C=N–C) groups is 1. The predicted octanol–water partition coefficient (Wildman–Crippen LogP) is 3.76. The molecule has 1 aromatic heterocycles. The first-order chi connectivity index (χ1) is 15.3. The van der Waals surface area contributed by atoms with Gasteiger partial charge in [0.25, 0.3) is 0 Å². The molecule has 0 aliphatic carbocycles. The summed E-state index contributed by atoms with van der Waals surface area (Å²) in [6.45, 7) is 4.54. The summed E-state index contributed by atoms with van der Waals surface area (Å²) in [5, 5.41) is 0. The topological polar surface area (TPSA) is 53.0 Å². The Hall–Kier alpha value is -2.42. The van der Waals surface area contributed by atoms with Gasteiger partial charge in [-0.2, -0.15) is 0 Å². The van der Waals surface area contributed by atoms with Gasteiger partial charge in [-0.25, -0.2) is 0 Å². The molecule has 159 valence electrons. The second-order valence-electron chi connectivity index (χ2n) is 8.29. The number of hydrogen-bond acceptors (Lipinski definition) is 3. The van der Waals surface area contributed by atoms with Gasteiger partial charge in [-0.15, -0.1) is 0 Å². The molecule has 5 nitrogen and oxygen atoms in total. The second kappa shape index (κ2) is 7.86. The number of nitrogens with zero attached hydrogens (tertiary/aromatic N) is 3. The molecule has 0 saturated heterocycles. The number of rotatable bonds is 2. The van der Waals surface area contributed by atoms with Crippen LogP contribution in [0.2, 0.25) is 0 Å². The van der Waals surface area contributed by atoms with Crippen molar-refractivity contribution in [2.24, 2.45) is 4.99 Å². The molecule has 2 aliphatic heterocycles. The number of carbonyl (C=O) groups is 2. The first-order valence-corrected chi connectivity index (χ1v) is 13.4. The van der Waals surface area contributed by atoms with E-state index >= 15 is 0 Å². The molecule has 0 atom stereocenters. The van der Waals surface area contributed by atoms with E-state index < -0.39 is 26.3 Å². The summed E-state index contributed by atoms with van der Waals surface area (Å²) in [4.78, 5) is 32.6. The third-order valence-corrected chi connectivity index (χ3v) is 9.68. The quantitative estimate of drug-likeness (QED) is 0.256. The van der Waals surface area contributed by atoms with Crippen LogP contribution in [0.25, 0.3) is 6.08 Å². The fourth-order valence-corrected chi connectivity index (χ4v) is 7.43. The number of fused-ring (bicyclic) bond motifs is 2. The molecule has 0 unspecified atom stereocenters. The third kappa shape index (κ3) is 3.32. The SMILES string of the molecule is CN1C(=O)/C(=C/c2ccc(N3c4ccccc4C(C)(C)c4ccccc43)[te]2)C(=O)N=C1[Se]. The normalized spacial score (nSPS) is 18.5. The van der Waals surface area contributed by atoms with E-state index in [2.05, 4.69) is 94.3 Å². The maximum atomic E-state index is 12.6. The van der Waals surface area contributed by atoms with Crippen LogP contribution in [-0.4, -0.2) is 64.9 Å². The van der Waals surface area contributed by atoms with Crippen molar-refractivity contribution in [1.29, 1.82) is 0 Å². The Kier molecular flexibility index (Phi) is 5.26. The summed E-state index contributed by atoms with van der Waals surface area (Å²) in [5.74, 6) is -0.810. The number of para-hydroxylation sites is 2. The van der Waals surface area contributed by atoms with Crippen LogP contribution in [0.4, 0.5) is 15.1 Å². The molecule has 2 aromatic carbocycles. The zero-order valence-electron chi connectivity index (χ0n) is 17.8. The Morgan fingerprint density at radius 2 is 1.53 bits per heavy atom. The fourth-order valence-electron chi connectivity index (χ4n) is 4.29. The van der Waals surface area contributed by atoms with Crippen molar-refractivity contribution < 1.29 is 9.59 Å². The van der Waals surface area contributed by atoms with Crippen LogP contribution >= 0.6 is 0 Å². The summed E-state index contributed by atoms with van der Waals surface area (Å²) in [7, 11) is 1.62. The average Bonchev–Trinajstić information content (AvgIpc) is 3.24. The van der Waals surface area contributed by atoms with E-state index in [0.717, 1.165) is 3.58 Å². The van der Waals surface area contributed by atoms with E-state index in [1.165, 1.54) is 31.1 Å². The van der Waals surface area contributed by atoms with Crippen molar-refractivity contribution in [2.75, 3.05) is 11.9 Å². The summed E-state index contributed by atoms with van der Waals surface area (Å²) < 4.78 is 2.57. The first kappa shape index (κ1) is 21.4. The Bertz CT molecular complexity index is 1290. The minimum atomic E-state index is -0.818. The molecule has 0 fully saturated rings. The maximum absolute atomic E-state index is 12.6. The van der Waals surface area contributed by atoms with Gasteiger partial charge in [0, 0.05) is 0 Å². The van der Waals surface area contributed by atoms with Gasteiger partial charge < -0.3 is 0 Å². The second-order valence-corrected chi connectivity index (χ2v) is 12.2. The molecule has 1 radical (unpaired) electrons. The average molecular weight is 601 g/mol. The Labute approximate surface area is 204 Å². The van der Waals surface area contributed by atoms with Gasteiger partial charge in [-0.1, -0.05) is 0 Å². The van der Waals surface area contributed by atoms with Crippen molar-refractivity contribution in [3.63, 3.8) is 0 Å². The number of benzene rings is 2. The first-order valence-electron chi connectivity index (χ1n) is 10.2. The number of hydrogen-bond donors (Lipinski definition) is 0. The molecule has 0 saturated carbocycles. The van der Waals surface area contributed by atoms with E-state index in [0.29, 0.717) is 4.73 Å². The van der Waals surface area contributed by atoms with E-state index in [-0.39, 0.29) is 16.9 Å². The summed E-state index contributed by atoms with van der Waals surface area (Å²) >= 11 is 1.84. The van der Waals surface area contributed by atoms with Gasteiger partial charge in [0.2, 0.25) is 0 Å². The van der Waals surface area contributed by atoms with E-state index in [1.54, 1.807) is 13.1 Å². The molecule has 0 bridgehead atoms. The van der Waals surface area contributed by atoms with Crippen molar-refractivity contribution in [3.8, 4) is 0 Å². The van der Waals surface area contributed by atoms with Gasteiger partial charge >= 0.3 is 206 Å². The Morgan fingerprint density at radius 3 is 2.16 bits per heavy atom. The monoisotopic (exact) mass is 604 g/mol. The van der Waals surface area contributed by atoms with Crippen molar-refractivity contribution in [3.05, 3.63) is 80.9 Å². The van der Waals surface area contributed by atoms with Crippen molar-refractivity contribution in [1.82, 2.24) is 4.90 Å². The standard InChI is InChI=1S/C25H20N3O2SeTe/c1-25(2)17-8-4-6-10-19(17)28(20-11-7-5-9-18(20)25)21-13-12-15(32-21)14-16-22(29)26-24(31)27(3)23(16)30/h4-14H,1-3H3/b16-14+. The number of amides is 2. The number of anilines is 3. The molecule has 3 heterocycles. The fraction of sp³-hybridized carbons (Fsp3) is 0.160. The summed E-state index contributed by atoms with van der Waals surface area (Å²) in [6, 6.07) is 21.3. The molecule has 2 aliphatic rings. The minimum absolute atomic E-state index is 0.0972. The van der Waals surface area contributed by atoms with Crippen LogP contribution in [-0.2, 0) is 15.0 Å². The predicted molar refractivity (Wildman–Crippen MR) is 129 cm³/mol. The van der Waals surface area contributed by atoms with E-state index in [9.17, 15) is 9.59 Å². The molecular formula is C25H20N3O2SeTe. The van der Waals surface area contributed by atoms with Gasteiger partial charge in [-0.05, 0) is 0 Å². The van der Waals surface area contributed by atoms with Crippen LogP contribution in [0.3, 0.4) is 0 Å². The molecule has 3 aromatic rings. The van der Waals surface area contributed by atoms with Gasteiger partial charge in [0.05, 0.1) is 0 Å². The zero-order chi connectivity index (χ0) is 22.6. The molecule has 0 N–H and O–H groups in total. The van der Waals surface area contributed by atoms with Crippen LogP contribution in [0.5, 0.6) is 0 Å². The van der Waals surface area contributed by atoms with Gasteiger partial charge in [-0.3, -0.25) is 0 Å². The Balaban J connectivity index is 1.61. The number of amidine groups is 1. The Morgan fingerprint density at radius 1 is 0.938 bits per heavy atom. The molecular weight excluding hydrogens is 581 g/mol. The summed E-state index contributed by atoms with van der Waals surface area (Å²) in [5.41, 5.74) is 4.99. The van der Waals surface area contributed by atoms with Crippen molar-refractivity contribution >= 4 is 74.1 Å². The molecule has 0 spiro atoms. The number of carbonyl (C=O) groups excluding carboxylic acids is 2. The van der Waals surface area contributed by atoms with Gasteiger partial charge in [0.15, 0.2) is 0 Å². The molecule has 5 rings (SSSR count). The van der Waals surface area contributed by atoms with Crippen molar-refractivity contribution in [2.45, 2.75) is 19.3 Å².